The number of thiazole rings is 1. The molecule has 0 fully saturated rings. The highest BCUT2D eigenvalue weighted by Crippen LogP contribution is 2.32. The van der Waals surface area contributed by atoms with Gasteiger partial charge in [-0.05, 0) is 38.0 Å². The maximum absolute atomic E-state index is 12.3. The summed E-state index contributed by atoms with van der Waals surface area (Å²) in [7, 11) is 0. The Morgan fingerprint density at radius 1 is 1.32 bits per heavy atom. The number of hydrogen-bond acceptors (Lipinski definition) is 6. The maximum Gasteiger partial charge on any atom is 0.347 e. The van der Waals surface area contributed by atoms with Crippen molar-refractivity contribution < 1.29 is 24.2 Å². The molecule has 2 rings (SSSR count). The number of carbonyl (C=O) groups excluding carboxylic acids is 1. The molecule has 7 heteroatoms. The predicted molar refractivity (Wildman–Crippen MR) is 95.5 cm³/mol. The van der Waals surface area contributed by atoms with Crippen LogP contribution in [0.2, 0.25) is 0 Å². The van der Waals surface area contributed by atoms with Gasteiger partial charge in [0, 0.05) is 5.56 Å². The number of carboxylic acids is 1. The van der Waals surface area contributed by atoms with E-state index in [0.29, 0.717) is 40.1 Å². The molecule has 0 aliphatic carbocycles. The van der Waals surface area contributed by atoms with E-state index < -0.39 is 11.9 Å². The molecule has 0 atom stereocenters. The van der Waals surface area contributed by atoms with Crippen LogP contribution >= 0.6 is 11.3 Å². The molecule has 0 aliphatic heterocycles. The van der Waals surface area contributed by atoms with Crippen LogP contribution in [0.3, 0.4) is 0 Å². The molecule has 0 aliphatic rings. The zero-order valence-corrected chi connectivity index (χ0v) is 15.5. The first kappa shape index (κ1) is 18.9. The smallest absolute Gasteiger partial charge is 0.347 e. The SMILES string of the molecule is CCOC(=O)c1cc(-c2nc(C)c(C(=O)O)s2)ccc1OCC(C)C. The number of benzene rings is 1. The van der Waals surface area contributed by atoms with Crippen LogP contribution in [0, 0.1) is 12.8 Å². The Morgan fingerprint density at radius 2 is 2.04 bits per heavy atom. The number of hydrogen-bond donors (Lipinski definition) is 1. The summed E-state index contributed by atoms with van der Waals surface area (Å²) in [4.78, 5) is 28.0. The highest BCUT2D eigenvalue weighted by Gasteiger charge is 2.19. The van der Waals surface area contributed by atoms with Gasteiger partial charge in [0.05, 0.1) is 18.9 Å². The monoisotopic (exact) mass is 363 g/mol. The number of aromatic nitrogens is 1. The third-order valence-electron chi connectivity index (χ3n) is 3.28. The van der Waals surface area contributed by atoms with Crippen molar-refractivity contribution in [3.05, 3.63) is 34.3 Å². The number of carbonyl (C=O) groups is 2. The first-order valence-electron chi connectivity index (χ1n) is 7.98. The van der Waals surface area contributed by atoms with E-state index in [9.17, 15) is 14.7 Å². The summed E-state index contributed by atoms with van der Waals surface area (Å²) in [6, 6.07) is 5.10. The second-order valence-electron chi connectivity index (χ2n) is 5.87. The lowest BCUT2D eigenvalue weighted by atomic mass is 10.1. The first-order valence-corrected chi connectivity index (χ1v) is 8.80. The number of aromatic carboxylic acids is 1. The fourth-order valence-electron chi connectivity index (χ4n) is 2.13. The minimum atomic E-state index is -1.01. The molecule has 6 nitrogen and oxygen atoms in total. The second kappa shape index (κ2) is 8.11. The van der Waals surface area contributed by atoms with Gasteiger partial charge in [0.2, 0.25) is 0 Å². The van der Waals surface area contributed by atoms with Crippen LogP contribution in [0.25, 0.3) is 10.6 Å². The van der Waals surface area contributed by atoms with Crippen LogP contribution in [0.5, 0.6) is 5.75 Å². The average Bonchev–Trinajstić information content (AvgIpc) is 2.95. The van der Waals surface area contributed by atoms with Gasteiger partial charge in [-0.2, -0.15) is 0 Å². The van der Waals surface area contributed by atoms with E-state index in [4.69, 9.17) is 9.47 Å². The van der Waals surface area contributed by atoms with E-state index in [1.54, 1.807) is 32.0 Å². The van der Waals surface area contributed by atoms with Crippen molar-refractivity contribution in [1.82, 2.24) is 4.98 Å². The Bertz CT molecular complexity index is 782. The van der Waals surface area contributed by atoms with Crippen LogP contribution < -0.4 is 4.74 Å². The van der Waals surface area contributed by atoms with Crippen molar-refractivity contribution in [2.45, 2.75) is 27.7 Å². The molecule has 0 bridgehead atoms. The minimum absolute atomic E-state index is 0.188. The summed E-state index contributed by atoms with van der Waals surface area (Å²) < 4.78 is 10.8. The summed E-state index contributed by atoms with van der Waals surface area (Å²) in [5.74, 6) is -0.726. The molecule has 0 saturated heterocycles. The minimum Gasteiger partial charge on any atom is -0.492 e. The molecule has 1 N–H and O–H groups in total. The van der Waals surface area contributed by atoms with Crippen LogP contribution in [-0.2, 0) is 4.74 Å². The lowest BCUT2D eigenvalue weighted by Crippen LogP contribution is -2.11. The summed E-state index contributed by atoms with van der Waals surface area (Å²) in [5, 5.41) is 9.72. The van der Waals surface area contributed by atoms with Crippen molar-refractivity contribution in [3.63, 3.8) is 0 Å². The number of esters is 1. The summed E-state index contributed by atoms with van der Waals surface area (Å²) in [5.41, 5.74) is 1.41. The molecule has 0 spiro atoms. The Kier molecular flexibility index (Phi) is 6.14. The van der Waals surface area contributed by atoms with E-state index in [-0.39, 0.29) is 11.5 Å². The Balaban J connectivity index is 2.43. The summed E-state index contributed by atoms with van der Waals surface area (Å²) in [6.45, 7) is 8.15. The third kappa shape index (κ3) is 4.57. The van der Waals surface area contributed by atoms with Gasteiger partial charge in [-0.15, -0.1) is 11.3 Å². The van der Waals surface area contributed by atoms with Crippen molar-refractivity contribution in [1.29, 1.82) is 0 Å². The standard InChI is InChI=1S/C18H21NO5S/c1-5-23-18(22)13-8-12(6-7-14(13)24-9-10(2)3)16-19-11(4)15(25-16)17(20)21/h6-8,10H,5,9H2,1-4H3,(H,20,21). The van der Waals surface area contributed by atoms with Gasteiger partial charge in [0.1, 0.15) is 21.2 Å². The molecule has 1 aromatic heterocycles. The van der Waals surface area contributed by atoms with Crippen molar-refractivity contribution >= 4 is 23.3 Å². The third-order valence-corrected chi connectivity index (χ3v) is 4.48. The van der Waals surface area contributed by atoms with Gasteiger partial charge >= 0.3 is 11.9 Å². The Labute approximate surface area is 150 Å². The van der Waals surface area contributed by atoms with Gasteiger partial charge < -0.3 is 14.6 Å². The van der Waals surface area contributed by atoms with E-state index >= 15 is 0 Å². The number of nitrogens with zero attached hydrogens (tertiary/aromatic N) is 1. The lowest BCUT2D eigenvalue weighted by molar-refractivity contribution is 0.0520. The highest BCUT2D eigenvalue weighted by atomic mass is 32.1. The second-order valence-corrected chi connectivity index (χ2v) is 6.87. The largest absolute Gasteiger partial charge is 0.492 e. The van der Waals surface area contributed by atoms with E-state index in [0.717, 1.165) is 11.3 Å². The Hall–Kier alpha value is -2.41. The molecule has 1 aromatic carbocycles. The zero-order valence-electron chi connectivity index (χ0n) is 14.7. The number of rotatable bonds is 7. The molecule has 1 heterocycles. The van der Waals surface area contributed by atoms with Gasteiger partial charge in [-0.1, -0.05) is 13.8 Å². The average molecular weight is 363 g/mol. The molecule has 0 unspecified atom stereocenters. The molecular weight excluding hydrogens is 342 g/mol. The fraction of sp³-hybridized carbons (Fsp3) is 0.389. The molecule has 2 aromatic rings. The van der Waals surface area contributed by atoms with Gasteiger partial charge in [-0.3, -0.25) is 0 Å². The molecule has 134 valence electrons. The topological polar surface area (TPSA) is 85.7 Å². The molecule has 0 saturated carbocycles. The van der Waals surface area contributed by atoms with E-state index in [1.165, 1.54) is 0 Å². The van der Waals surface area contributed by atoms with E-state index in [1.807, 2.05) is 13.8 Å². The van der Waals surface area contributed by atoms with Gasteiger partial charge in [-0.25, -0.2) is 14.6 Å². The van der Waals surface area contributed by atoms with E-state index in [2.05, 4.69) is 4.98 Å². The zero-order chi connectivity index (χ0) is 18.6. The predicted octanol–water partition coefficient (Wildman–Crippen LogP) is 4.03. The lowest BCUT2D eigenvalue weighted by Gasteiger charge is -2.13. The number of carboxylic acid groups (broad SMARTS) is 1. The molecule has 25 heavy (non-hydrogen) atoms. The van der Waals surface area contributed by atoms with Crippen molar-refractivity contribution in [2.75, 3.05) is 13.2 Å². The maximum atomic E-state index is 12.3. The van der Waals surface area contributed by atoms with Crippen molar-refractivity contribution in [2.24, 2.45) is 5.92 Å². The fourth-order valence-corrected chi connectivity index (χ4v) is 3.03. The van der Waals surface area contributed by atoms with Gasteiger partial charge in [0.15, 0.2) is 0 Å². The van der Waals surface area contributed by atoms with Crippen LogP contribution in [-0.4, -0.2) is 35.2 Å². The van der Waals surface area contributed by atoms with Crippen LogP contribution in [0.15, 0.2) is 18.2 Å². The Morgan fingerprint density at radius 3 is 2.60 bits per heavy atom. The van der Waals surface area contributed by atoms with Crippen LogP contribution in [0.4, 0.5) is 0 Å². The molecule has 0 amide bonds. The van der Waals surface area contributed by atoms with Gasteiger partial charge in [0.25, 0.3) is 0 Å². The number of aryl methyl sites for hydroxylation is 1. The first-order chi connectivity index (χ1) is 11.8. The summed E-state index contributed by atoms with van der Waals surface area (Å²) in [6.07, 6.45) is 0. The normalized spacial score (nSPS) is 10.8. The quantitative estimate of drug-likeness (QED) is 0.748. The van der Waals surface area contributed by atoms with Crippen molar-refractivity contribution in [3.8, 4) is 16.3 Å². The molecule has 0 radical (unpaired) electrons. The summed E-state index contributed by atoms with van der Waals surface area (Å²) >= 11 is 1.07. The van der Waals surface area contributed by atoms with Crippen LogP contribution in [0.1, 0.15) is 46.5 Å². The highest BCUT2D eigenvalue weighted by molar-refractivity contribution is 7.17. The molecular formula is C18H21NO5S. The number of ether oxygens (including phenoxy) is 2.